The molecule has 0 saturated heterocycles. The van der Waals surface area contributed by atoms with Crippen LogP contribution in [-0.4, -0.2) is 46.0 Å². The molecule has 2 N–H and O–H groups in total. The summed E-state index contributed by atoms with van der Waals surface area (Å²) in [5.74, 6) is -0.633. The zero-order valence-electron chi connectivity index (χ0n) is 21.4. The van der Waals surface area contributed by atoms with Crippen molar-refractivity contribution in [1.29, 1.82) is 0 Å². The lowest BCUT2D eigenvalue weighted by Crippen LogP contribution is -2.57. The molecule has 32 heavy (non-hydrogen) atoms. The Labute approximate surface area is 193 Å². The molecule has 0 aliphatic heterocycles. The number of aryl methyl sites for hydroxylation is 1. The van der Waals surface area contributed by atoms with Gasteiger partial charge in [0.15, 0.2) is 0 Å². The first kappa shape index (κ1) is 27.5. The average Bonchev–Trinajstić information content (AvgIpc) is 2.62. The highest BCUT2D eigenvalue weighted by atomic mass is 16.6. The van der Waals surface area contributed by atoms with Gasteiger partial charge in [0.1, 0.15) is 18.2 Å². The van der Waals surface area contributed by atoms with Crippen LogP contribution >= 0.6 is 0 Å². The number of hydrogen-bond donors (Lipinski definition) is 2. The molecule has 3 amide bonds. The first-order chi connectivity index (χ1) is 14.5. The van der Waals surface area contributed by atoms with Gasteiger partial charge in [0.25, 0.3) is 0 Å². The van der Waals surface area contributed by atoms with Crippen LogP contribution in [0.5, 0.6) is 0 Å². The van der Waals surface area contributed by atoms with Gasteiger partial charge in [-0.05, 0) is 74.3 Å². The van der Waals surface area contributed by atoms with Gasteiger partial charge in [0.05, 0.1) is 0 Å². The lowest BCUT2D eigenvalue weighted by molar-refractivity contribution is -0.147. The Morgan fingerprint density at radius 2 is 1.50 bits per heavy atom. The standard InChI is InChI=1S/C25H41N3O4/c1-11-25(9,10)28(19(29)16-26-22(31)32-24(6,7)8)20(21(30)27-23(3,4)5)18-14-12-17(2)13-15-18/h12-15,20H,11,16H2,1-10H3,(H,26,31)(H,27,30). The summed E-state index contributed by atoms with van der Waals surface area (Å²) < 4.78 is 5.25. The second-order valence-electron chi connectivity index (χ2n) is 10.8. The fourth-order valence-corrected chi connectivity index (χ4v) is 3.15. The Hall–Kier alpha value is -2.57. The van der Waals surface area contributed by atoms with E-state index in [1.807, 2.05) is 72.7 Å². The first-order valence-electron chi connectivity index (χ1n) is 11.1. The van der Waals surface area contributed by atoms with E-state index in [9.17, 15) is 14.4 Å². The van der Waals surface area contributed by atoms with Crippen LogP contribution in [0.25, 0.3) is 0 Å². The number of hydrogen-bond acceptors (Lipinski definition) is 4. The minimum Gasteiger partial charge on any atom is -0.444 e. The maximum atomic E-state index is 13.5. The largest absolute Gasteiger partial charge is 0.444 e. The van der Waals surface area contributed by atoms with E-state index in [2.05, 4.69) is 10.6 Å². The molecule has 0 spiro atoms. The van der Waals surface area contributed by atoms with Crippen LogP contribution < -0.4 is 10.6 Å². The molecule has 1 aromatic rings. The molecule has 0 saturated carbocycles. The van der Waals surface area contributed by atoms with Gasteiger partial charge in [0, 0.05) is 11.1 Å². The van der Waals surface area contributed by atoms with Crippen LogP contribution in [0.3, 0.4) is 0 Å². The maximum absolute atomic E-state index is 13.5. The molecule has 180 valence electrons. The molecule has 7 nitrogen and oxygen atoms in total. The quantitative estimate of drug-likeness (QED) is 0.644. The molecule has 1 atom stereocenters. The Kier molecular flexibility index (Phi) is 8.90. The van der Waals surface area contributed by atoms with E-state index in [0.717, 1.165) is 5.56 Å². The highest BCUT2D eigenvalue weighted by Crippen LogP contribution is 2.32. The monoisotopic (exact) mass is 447 g/mol. The van der Waals surface area contributed by atoms with Crippen LogP contribution in [0.1, 0.15) is 85.9 Å². The first-order valence-corrected chi connectivity index (χ1v) is 11.1. The summed E-state index contributed by atoms with van der Waals surface area (Å²) in [7, 11) is 0. The van der Waals surface area contributed by atoms with Crippen LogP contribution in [0, 0.1) is 6.92 Å². The lowest BCUT2D eigenvalue weighted by Gasteiger charge is -2.43. The topological polar surface area (TPSA) is 87.7 Å². The van der Waals surface area contributed by atoms with E-state index in [-0.39, 0.29) is 18.4 Å². The number of amides is 3. The van der Waals surface area contributed by atoms with E-state index in [1.165, 1.54) is 0 Å². The third-order valence-corrected chi connectivity index (χ3v) is 4.97. The molecule has 0 aliphatic carbocycles. The smallest absolute Gasteiger partial charge is 0.408 e. The summed E-state index contributed by atoms with van der Waals surface area (Å²) in [6.07, 6.45) is -0.0535. The number of alkyl carbamates (subject to hydrolysis) is 1. The van der Waals surface area contributed by atoms with Gasteiger partial charge >= 0.3 is 6.09 Å². The fraction of sp³-hybridized carbons (Fsp3) is 0.640. The van der Waals surface area contributed by atoms with Crippen LogP contribution in [-0.2, 0) is 14.3 Å². The van der Waals surface area contributed by atoms with Crippen molar-refractivity contribution < 1.29 is 19.1 Å². The molecule has 1 rings (SSSR count). The normalized spacial score (nSPS) is 13.2. The summed E-state index contributed by atoms with van der Waals surface area (Å²) in [4.78, 5) is 40.6. The molecule has 1 aromatic carbocycles. The van der Waals surface area contributed by atoms with E-state index >= 15 is 0 Å². The summed E-state index contributed by atoms with van der Waals surface area (Å²) in [5.41, 5.74) is -0.0170. The predicted octanol–water partition coefficient (Wildman–Crippen LogP) is 4.49. The van der Waals surface area contributed by atoms with Crippen LogP contribution in [0.2, 0.25) is 0 Å². The van der Waals surface area contributed by atoms with Crippen molar-refractivity contribution in [3.8, 4) is 0 Å². The molecule has 0 aromatic heterocycles. The van der Waals surface area contributed by atoms with Crippen molar-refractivity contribution in [3.05, 3.63) is 35.4 Å². The Morgan fingerprint density at radius 1 is 0.969 bits per heavy atom. The summed E-state index contributed by atoms with van der Waals surface area (Å²) in [6.45, 7) is 18.5. The van der Waals surface area contributed by atoms with Crippen molar-refractivity contribution in [1.82, 2.24) is 15.5 Å². The molecular weight excluding hydrogens is 406 g/mol. The number of nitrogens with zero attached hydrogens (tertiary/aromatic N) is 1. The zero-order valence-corrected chi connectivity index (χ0v) is 21.4. The molecule has 1 unspecified atom stereocenters. The Balaban J connectivity index is 3.36. The van der Waals surface area contributed by atoms with E-state index in [1.54, 1.807) is 25.7 Å². The molecule has 0 bridgehead atoms. The van der Waals surface area contributed by atoms with Gasteiger partial charge in [-0.3, -0.25) is 9.59 Å². The number of nitrogens with one attached hydrogen (secondary N) is 2. The van der Waals surface area contributed by atoms with Crippen LogP contribution in [0.15, 0.2) is 24.3 Å². The third kappa shape index (κ3) is 8.52. The second kappa shape index (κ2) is 10.4. The van der Waals surface area contributed by atoms with Gasteiger partial charge in [0.2, 0.25) is 11.8 Å². The number of benzene rings is 1. The summed E-state index contributed by atoms with van der Waals surface area (Å²) >= 11 is 0. The lowest BCUT2D eigenvalue weighted by atomic mass is 9.92. The minimum absolute atomic E-state index is 0.270. The van der Waals surface area contributed by atoms with E-state index in [4.69, 9.17) is 4.74 Å². The molecule has 0 aliphatic rings. The molecule has 0 radical (unpaired) electrons. The van der Waals surface area contributed by atoms with E-state index < -0.39 is 28.8 Å². The highest BCUT2D eigenvalue weighted by Gasteiger charge is 2.40. The average molecular weight is 448 g/mol. The van der Waals surface area contributed by atoms with Crippen molar-refractivity contribution in [2.75, 3.05) is 6.54 Å². The maximum Gasteiger partial charge on any atom is 0.408 e. The zero-order chi connectivity index (χ0) is 24.9. The SMILES string of the molecule is CCC(C)(C)N(C(=O)CNC(=O)OC(C)(C)C)C(C(=O)NC(C)(C)C)c1ccc(C)cc1. The second-order valence-corrected chi connectivity index (χ2v) is 10.8. The predicted molar refractivity (Wildman–Crippen MR) is 127 cm³/mol. The molecule has 0 heterocycles. The summed E-state index contributed by atoms with van der Waals surface area (Å²) in [6, 6.07) is 6.74. The van der Waals surface area contributed by atoms with Gasteiger partial charge < -0.3 is 20.3 Å². The van der Waals surface area contributed by atoms with Gasteiger partial charge in [-0.2, -0.15) is 0 Å². The number of rotatable bonds is 7. The minimum atomic E-state index is -0.849. The summed E-state index contributed by atoms with van der Waals surface area (Å²) in [5, 5.41) is 5.55. The molecule has 0 fully saturated rings. The van der Waals surface area contributed by atoms with Gasteiger partial charge in [-0.25, -0.2) is 4.79 Å². The van der Waals surface area contributed by atoms with Crippen molar-refractivity contribution in [2.45, 2.75) is 98.4 Å². The number of ether oxygens (including phenoxy) is 1. The molecular formula is C25H41N3O4. The Morgan fingerprint density at radius 3 is 1.94 bits per heavy atom. The van der Waals surface area contributed by atoms with Crippen molar-refractivity contribution >= 4 is 17.9 Å². The fourth-order valence-electron chi connectivity index (χ4n) is 3.15. The number of carbonyl (C=O) groups is 3. The molecule has 7 heteroatoms. The number of carbonyl (C=O) groups excluding carboxylic acids is 3. The van der Waals surface area contributed by atoms with Crippen LogP contribution in [0.4, 0.5) is 4.79 Å². The van der Waals surface area contributed by atoms with E-state index in [0.29, 0.717) is 12.0 Å². The van der Waals surface area contributed by atoms with Crippen molar-refractivity contribution in [3.63, 3.8) is 0 Å². The Bertz CT molecular complexity index is 802. The van der Waals surface area contributed by atoms with Gasteiger partial charge in [-0.15, -0.1) is 0 Å². The highest BCUT2D eigenvalue weighted by molar-refractivity contribution is 5.91. The third-order valence-electron chi connectivity index (χ3n) is 4.97. The van der Waals surface area contributed by atoms with Gasteiger partial charge in [-0.1, -0.05) is 36.8 Å². The van der Waals surface area contributed by atoms with Crippen molar-refractivity contribution in [2.24, 2.45) is 0 Å².